The summed E-state index contributed by atoms with van der Waals surface area (Å²) in [6.07, 6.45) is 5.38. The van der Waals surface area contributed by atoms with Gasteiger partial charge in [0.05, 0.1) is 11.3 Å². The van der Waals surface area contributed by atoms with Gasteiger partial charge in [-0.15, -0.1) is 0 Å². The predicted molar refractivity (Wildman–Crippen MR) is 97.8 cm³/mol. The molecule has 3 heterocycles. The van der Waals surface area contributed by atoms with Crippen molar-refractivity contribution in [3.8, 4) is 11.4 Å². The third-order valence-electron chi connectivity index (χ3n) is 4.37. The van der Waals surface area contributed by atoms with E-state index in [4.69, 9.17) is 28.2 Å². The summed E-state index contributed by atoms with van der Waals surface area (Å²) >= 11 is 12.5. The zero-order chi connectivity index (χ0) is 16.7. The zero-order valence-corrected chi connectivity index (χ0v) is 14.8. The number of hydrogen-bond acceptors (Lipinski definition) is 4. The minimum absolute atomic E-state index is 0.583. The van der Waals surface area contributed by atoms with Crippen LogP contribution in [0, 0.1) is 0 Å². The number of aromatic nitrogens is 4. The van der Waals surface area contributed by atoms with Gasteiger partial charge in [0.25, 0.3) is 0 Å². The lowest BCUT2D eigenvalue weighted by atomic mass is 10.1. The number of rotatable bonds is 2. The Morgan fingerprint density at radius 1 is 1.04 bits per heavy atom. The summed E-state index contributed by atoms with van der Waals surface area (Å²) in [4.78, 5) is 16.3. The molecule has 7 heteroatoms. The second-order valence-corrected chi connectivity index (χ2v) is 6.91. The van der Waals surface area contributed by atoms with Gasteiger partial charge in [0.15, 0.2) is 22.8 Å². The molecule has 0 radical (unpaired) electrons. The van der Waals surface area contributed by atoms with Crippen LogP contribution in [0.5, 0.6) is 0 Å². The van der Waals surface area contributed by atoms with Crippen molar-refractivity contribution in [2.75, 3.05) is 18.0 Å². The molecule has 1 fully saturated rings. The molecule has 4 rings (SSSR count). The first-order chi connectivity index (χ1) is 11.6. The van der Waals surface area contributed by atoms with E-state index in [0.29, 0.717) is 15.9 Å². The Labute approximate surface area is 150 Å². The van der Waals surface area contributed by atoms with E-state index >= 15 is 0 Å². The molecule has 2 aromatic heterocycles. The number of aryl methyl sites for hydroxylation is 1. The monoisotopic (exact) mass is 361 g/mol. The molecule has 124 valence electrons. The van der Waals surface area contributed by atoms with E-state index in [1.807, 2.05) is 11.6 Å². The van der Waals surface area contributed by atoms with E-state index in [-0.39, 0.29) is 0 Å². The molecule has 24 heavy (non-hydrogen) atoms. The standard InChI is InChI=1S/C17H17Cl2N5/c1-23-10-20-14-16(23)21-15(12-9-11(18)5-6-13(12)19)22-17(14)24-7-3-2-4-8-24/h5-6,9-10H,2-4,7-8H2,1H3. The quantitative estimate of drug-likeness (QED) is 0.681. The van der Waals surface area contributed by atoms with Crippen molar-refractivity contribution in [3.63, 3.8) is 0 Å². The van der Waals surface area contributed by atoms with Crippen molar-refractivity contribution >= 4 is 40.2 Å². The fourth-order valence-electron chi connectivity index (χ4n) is 3.11. The first kappa shape index (κ1) is 15.7. The number of piperidine rings is 1. The van der Waals surface area contributed by atoms with Crippen LogP contribution >= 0.6 is 23.2 Å². The van der Waals surface area contributed by atoms with Crippen LogP contribution in [0.15, 0.2) is 24.5 Å². The summed E-state index contributed by atoms with van der Waals surface area (Å²) < 4.78 is 1.91. The molecule has 0 bridgehead atoms. The number of anilines is 1. The minimum Gasteiger partial charge on any atom is -0.355 e. The summed E-state index contributed by atoms with van der Waals surface area (Å²) in [5, 5.41) is 1.20. The summed E-state index contributed by atoms with van der Waals surface area (Å²) in [5.74, 6) is 1.46. The third-order valence-corrected chi connectivity index (χ3v) is 4.93. The van der Waals surface area contributed by atoms with E-state index in [2.05, 4.69) is 14.9 Å². The number of halogens is 2. The van der Waals surface area contributed by atoms with Crippen LogP contribution in [-0.4, -0.2) is 32.6 Å². The van der Waals surface area contributed by atoms with Gasteiger partial charge in [-0.3, -0.25) is 0 Å². The van der Waals surface area contributed by atoms with Gasteiger partial charge in [-0.1, -0.05) is 23.2 Å². The van der Waals surface area contributed by atoms with Crippen molar-refractivity contribution in [1.82, 2.24) is 19.5 Å². The highest BCUT2D eigenvalue weighted by Crippen LogP contribution is 2.32. The van der Waals surface area contributed by atoms with Gasteiger partial charge in [0, 0.05) is 30.7 Å². The summed E-state index contributed by atoms with van der Waals surface area (Å²) in [6.45, 7) is 1.98. The average molecular weight is 362 g/mol. The largest absolute Gasteiger partial charge is 0.355 e. The topological polar surface area (TPSA) is 46.8 Å². The Morgan fingerprint density at radius 3 is 2.62 bits per heavy atom. The fraction of sp³-hybridized carbons (Fsp3) is 0.353. The second kappa shape index (κ2) is 6.22. The highest BCUT2D eigenvalue weighted by Gasteiger charge is 2.21. The Balaban J connectivity index is 1.93. The van der Waals surface area contributed by atoms with Gasteiger partial charge in [0.1, 0.15) is 0 Å². The number of imidazole rings is 1. The van der Waals surface area contributed by atoms with Crippen LogP contribution in [0.3, 0.4) is 0 Å². The molecule has 0 amide bonds. The van der Waals surface area contributed by atoms with Gasteiger partial charge in [0.2, 0.25) is 0 Å². The first-order valence-electron chi connectivity index (χ1n) is 8.03. The maximum Gasteiger partial charge on any atom is 0.165 e. The number of benzene rings is 1. The van der Waals surface area contributed by atoms with Crippen molar-refractivity contribution < 1.29 is 0 Å². The molecule has 5 nitrogen and oxygen atoms in total. The van der Waals surface area contributed by atoms with Crippen LogP contribution in [-0.2, 0) is 7.05 Å². The fourth-order valence-corrected chi connectivity index (χ4v) is 3.48. The lowest BCUT2D eigenvalue weighted by molar-refractivity contribution is 0.574. The second-order valence-electron chi connectivity index (χ2n) is 6.07. The van der Waals surface area contributed by atoms with Crippen molar-refractivity contribution in [2.24, 2.45) is 7.05 Å². The molecule has 0 N–H and O–H groups in total. The maximum atomic E-state index is 6.36. The smallest absolute Gasteiger partial charge is 0.165 e. The Bertz CT molecular complexity index is 899. The SMILES string of the molecule is Cn1cnc2c(N3CCCCC3)nc(-c3cc(Cl)ccc3Cl)nc21. The first-order valence-corrected chi connectivity index (χ1v) is 8.78. The Morgan fingerprint density at radius 2 is 1.83 bits per heavy atom. The van der Waals surface area contributed by atoms with Gasteiger partial charge >= 0.3 is 0 Å². The normalized spacial score (nSPS) is 15.2. The van der Waals surface area contributed by atoms with Crippen LogP contribution in [0.1, 0.15) is 19.3 Å². The van der Waals surface area contributed by atoms with E-state index in [1.165, 1.54) is 19.3 Å². The molecule has 1 aliphatic rings. The highest BCUT2D eigenvalue weighted by molar-refractivity contribution is 6.35. The Kier molecular flexibility index (Phi) is 4.06. The molecule has 0 saturated carbocycles. The summed E-state index contributed by atoms with van der Waals surface area (Å²) in [5.41, 5.74) is 2.38. The van der Waals surface area contributed by atoms with Gasteiger partial charge in [-0.25, -0.2) is 15.0 Å². The molecular weight excluding hydrogens is 345 g/mol. The molecule has 0 spiro atoms. The lowest BCUT2D eigenvalue weighted by Crippen LogP contribution is -2.30. The number of hydrogen-bond donors (Lipinski definition) is 0. The number of fused-ring (bicyclic) bond motifs is 1. The molecule has 1 aromatic carbocycles. The molecule has 1 saturated heterocycles. The highest BCUT2D eigenvalue weighted by atomic mass is 35.5. The summed E-state index contributed by atoms with van der Waals surface area (Å²) in [7, 11) is 1.94. The predicted octanol–water partition coefficient (Wildman–Crippen LogP) is 4.33. The van der Waals surface area contributed by atoms with Crippen LogP contribution < -0.4 is 4.90 Å². The molecule has 0 aliphatic carbocycles. The van der Waals surface area contributed by atoms with Crippen LogP contribution in [0.2, 0.25) is 10.0 Å². The van der Waals surface area contributed by atoms with Crippen molar-refractivity contribution in [2.45, 2.75) is 19.3 Å². The van der Waals surface area contributed by atoms with E-state index < -0.39 is 0 Å². The van der Waals surface area contributed by atoms with Gasteiger partial charge in [-0.2, -0.15) is 0 Å². The van der Waals surface area contributed by atoms with E-state index in [9.17, 15) is 0 Å². The number of nitrogens with zero attached hydrogens (tertiary/aromatic N) is 5. The van der Waals surface area contributed by atoms with Crippen LogP contribution in [0.4, 0.5) is 5.82 Å². The lowest BCUT2D eigenvalue weighted by Gasteiger charge is -2.28. The van der Waals surface area contributed by atoms with Crippen molar-refractivity contribution in [3.05, 3.63) is 34.6 Å². The van der Waals surface area contributed by atoms with Gasteiger partial charge in [-0.05, 0) is 37.5 Å². The molecule has 1 aliphatic heterocycles. The van der Waals surface area contributed by atoms with Crippen molar-refractivity contribution in [1.29, 1.82) is 0 Å². The third kappa shape index (κ3) is 2.72. The summed E-state index contributed by atoms with van der Waals surface area (Å²) in [6, 6.07) is 5.35. The molecule has 3 aromatic rings. The van der Waals surface area contributed by atoms with E-state index in [0.717, 1.165) is 35.6 Å². The average Bonchev–Trinajstić information content (AvgIpc) is 2.98. The van der Waals surface area contributed by atoms with E-state index in [1.54, 1.807) is 24.5 Å². The molecule has 0 atom stereocenters. The Hall–Kier alpha value is -1.85. The molecular formula is C17H17Cl2N5. The maximum absolute atomic E-state index is 6.36. The van der Waals surface area contributed by atoms with Gasteiger partial charge < -0.3 is 9.47 Å². The minimum atomic E-state index is 0.583. The zero-order valence-electron chi connectivity index (χ0n) is 13.3. The van der Waals surface area contributed by atoms with Crippen LogP contribution in [0.25, 0.3) is 22.6 Å². The molecule has 0 unspecified atom stereocenters.